The molecule has 4 N–H and O–H groups in total. The first-order chi connectivity index (χ1) is 7.79. The highest BCUT2D eigenvalue weighted by atomic mass is 32.1. The average molecular weight is 238 g/mol. The van der Waals surface area contributed by atoms with Crippen molar-refractivity contribution in [3.8, 4) is 0 Å². The van der Waals surface area contributed by atoms with Gasteiger partial charge in [0, 0.05) is 11.5 Å². The Balaban J connectivity index is 2.09. The van der Waals surface area contributed by atoms with Gasteiger partial charge in [-0.05, 0) is 17.3 Å². The molecule has 0 aliphatic rings. The van der Waals surface area contributed by atoms with Crippen LogP contribution in [0.4, 0.5) is 10.9 Å². The highest BCUT2D eigenvalue weighted by Gasteiger charge is 2.10. The molecule has 9 nitrogen and oxygen atoms in total. The van der Waals surface area contributed by atoms with E-state index >= 15 is 0 Å². The molecule has 0 saturated heterocycles. The summed E-state index contributed by atoms with van der Waals surface area (Å²) in [4.78, 5) is 11.6. The van der Waals surface area contributed by atoms with E-state index in [1.807, 2.05) is 0 Å². The molecule has 0 spiro atoms. The van der Waals surface area contributed by atoms with Gasteiger partial charge in [0.2, 0.25) is 5.13 Å². The summed E-state index contributed by atoms with van der Waals surface area (Å²) in [6.45, 7) is 0. The number of nitrogens with one attached hydrogen (secondary N) is 2. The van der Waals surface area contributed by atoms with Crippen molar-refractivity contribution in [3.63, 3.8) is 0 Å². The number of amides is 1. The number of nitrogens with zero attached hydrogens (tertiary/aromatic N) is 5. The van der Waals surface area contributed by atoms with Crippen molar-refractivity contribution in [2.75, 3.05) is 10.7 Å². The number of hydrogen-bond acceptors (Lipinski definition) is 9. The maximum Gasteiger partial charge on any atom is 0.278 e. The van der Waals surface area contributed by atoms with Gasteiger partial charge >= 0.3 is 0 Å². The number of nitrogens with two attached hydrogens (primary N) is 1. The molecule has 2 heterocycles. The molecule has 0 atom stereocenters. The summed E-state index contributed by atoms with van der Waals surface area (Å²) < 4.78 is 3.50. The van der Waals surface area contributed by atoms with Gasteiger partial charge in [-0.3, -0.25) is 10.1 Å². The number of hydrogen-bond donors (Lipinski definition) is 3. The Morgan fingerprint density at radius 2 is 2.19 bits per heavy atom. The molecular formula is C6H6N8OS. The maximum atomic E-state index is 11.6. The Bertz CT molecular complexity index is 468. The van der Waals surface area contributed by atoms with Crippen LogP contribution in [0, 0.1) is 0 Å². The Labute approximate surface area is 93.2 Å². The molecule has 0 radical (unpaired) electrons. The SMILES string of the molecule is NNc1ccc(C(=O)Nc2nnns2)nn1. The topological polar surface area (TPSA) is 132 Å². The number of carbonyl (C=O) groups is 1. The van der Waals surface area contributed by atoms with Gasteiger partial charge in [-0.2, -0.15) is 0 Å². The Morgan fingerprint density at radius 1 is 1.31 bits per heavy atom. The van der Waals surface area contributed by atoms with Gasteiger partial charge in [-0.15, -0.1) is 10.2 Å². The van der Waals surface area contributed by atoms with Gasteiger partial charge in [0.15, 0.2) is 11.5 Å². The molecule has 2 aromatic rings. The first-order valence-corrected chi connectivity index (χ1v) is 4.83. The lowest BCUT2D eigenvalue weighted by atomic mass is 10.3. The number of rotatable bonds is 3. The fourth-order valence-electron chi connectivity index (χ4n) is 0.873. The fraction of sp³-hybridized carbons (Fsp3) is 0. The predicted molar refractivity (Wildman–Crippen MR) is 55.5 cm³/mol. The minimum absolute atomic E-state index is 0.147. The summed E-state index contributed by atoms with van der Waals surface area (Å²) >= 11 is 0.969. The molecule has 0 saturated carbocycles. The number of carbonyl (C=O) groups excluding carboxylic acids is 1. The molecule has 2 aromatic heterocycles. The van der Waals surface area contributed by atoms with Crippen LogP contribution < -0.4 is 16.6 Å². The molecule has 82 valence electrons. The second-order valence-electron chi connectivity index (χ2n) is 2.57. The average Bonchev–Trinajstić information content (AvgIpc) is 2.82. The van der Waals surface area contributed by atoms with Gasteiger partial charge in [0.25, 0.3) is 5.91 Å². The third kappa shape index (κ3) is 2.24. The zero-order valence-corrected chi connectivity index (χ0v) is 8.60. The number of aromatic nitrogens is 5. The highest BCUT2D eigenvalue weighted by Crippen LogP contribution is 2.07. The first kappa shape index (κ1) is 10.3. The molecule has 16 heavy (non-hydrogen) atoms. The lowest BCUT2D eigenvalue weighted by Crippen LogP contribution is -2.15. The highest BCUT2D eigenvalue weighted by molar-refractivity contribution is 7.09. The van der Waals surface area contributed by atoms with Crippen molar-refractivity contribution in [3.05, 3.63) is 17.8 Å². The second kappa shape index (κ2) is 4.55. The van der Waals surface area contributed by atoms with E-state index in [0.29, 0.717) is 10.9 Å². The van der Waals surface area contributed by atoms with Crippen molar-refractivity contribution in [1.29, 1.82) is 0 Å². The predicted octanol–water partition coefficient (Wildman–Crippen LogP) is -0.739. The molecule has 0 aliphatic carbocycles. The van der Waals surface area contributed by atoms with Gasteiger partial charge in [0.1, 0.15) is 0 Å². The molecule has 0 aromatic carbocycles. The van der Waals surface area contributed by atoms with Gasteiger partial charge in [-0.1, -0.05) is 9.59 Å². The molecule has 1 amide bonds. The van der Waals surface area contributed by atoms with Gasteiger partial charge in [0.05, 0.1) is 0 Å². The van der Waals surface area contributed by atoms with Crippen LogP contribution in [0.25, 0.3) is 0 Å². The van der Waals surface area contributed by atoms with Crippen LogP contribution in [0.3, 0.4) is 0 Å². The minimum Gasteiger partial charge on any atom is -0.307 e. The molecule has 0 unspecified atom stereocenters. The van der Waals surface area contributed by atoms with Crippen LogP contribution >= 0.6 is 11.5 Å². The zero-order chi connectivity index (χ0) is 11.4. The van der Waals surface area contributed by atoms with E-state index in [2.05, 4.69) is 35.7 Å². The molecule has 2 rings (SSSR count). The second-order valence-corrected chi connectivity index (χ2v) is 3.30. The monoisotopic (exact) mass is 238 g/mol. The van der Waals surface area contributed by atoms with Gasteiger partial charge < -0.3 is 5.43 Å². The van der Waals surface area contributed by atoms with Crippen LogP contribution in [0.15, 0.2) is 12.1 Å². The van der Waals surface area contributed by atoms with E-state index in [0.717, 1.165) is 11.5 Å². The van der Waals surface area contributed by atoms with E-state index in [4.69, 9.17) is 5.84 Å². The minimum atomic E-state index is -0.436. The normalized spacial score (nSPS) is 9.81. The van der Waals surface area contributed by atoms with Crippen molar-refractivity contribution in [2.24, 2.45) is 5.84 Å². The molecule has 0 bridgehead atoms. The van der Waals surface area contributed by atoms with E-state index in [-0.39, 0.29) is 5.69 Å². The Hall–Kier alpha value is -2.20. The Morgan fingerprint density at radius 3 is 2.75 bits per heavy atom. The van der Waals surface area contributed by atoms with Crippen molar-refractivity contribution >= 4 is 28.4 Å². The fourth-order valence-corrected chi connectivity index (χ4v) is 1.24. The third-order valence-corrected chi connectivity index (χ3v) is 2.08. The Kier molecular flexibility index (Phi) is 2.93. The lowest BCUT2D eigenvalue weighted by molar-refractivity contribution is 0.102. The van der Waals surface area contributed by atoms with Crippen molar-refractivity contribution in [2.45, 2.75) is 0 Å². The summed E-state index contributed by atoms with van der Waals surface area (Å²) in [5.74, 6) is 5.04. The van der Waals surface area contributed by atoms with Crippen LogP contribution in [-0.2, 0) is 0 Å². The lowest BCUT2D eigenvalue weighted by Gasteiger charge is -2.00. The molecule has 10 heteroatoms. The van der Waals surface area contributed by atoms with Crippen LogP contribution in [0.2, 0.25) is 0 Å². The first-order valence-electron chi connectivity index (χ1n) is 4.06. The van der Waals surface area contributed by atoms with Crippen LogP contribution in [0.5, 0.6) is 0 Å². The smallest absolute Gasteiger partial charge is 0.278 e. The van der Waals surface area contributed by atoms with E-state index in [1.165, 1.54) is 12.1 Å². The standard InChI is InChI=1S/C6H6N8OS/c7-9-4-2-1-3(10-11-4)5(15)8-6-12-13-14-16-6/h1-2H,7H2,(H,9,11)(H,8,12,14,15). The summed E-state index contributed by atoms with van der Waals surface area (Å²) in [5.41, 5.74) is 2.45. The molecule has 0 aliphatic heterocycles. The summed E-state index contributed by atoms with van der Waals surface area (Å²) in [6, 6.07) is 3.01. The quantitative estimate of drug-likeness (QED) is 0.470. The summed E-state index contributed by atoms with van der Waals surface area (Å²) in [5, 5.41) is 17.0. The maximum absolute atomic E-state index is 11.6. The van der Waals surface area contributed by atoms with E-state index in [9.17, 15) is 4.79 Å². The van der Waals surface area contributed by atoms with Crippen LogP contribution in [0.1, 0.15) is 10.5 Å². The molecular weight excluding hydrogens is 232 g/mol. The largest absolute Gasteiger partial charge is 0.307 e. The van der Waals surface area contributed by atoms with E-state index < -0.39 is 5.91 Å². The van der Waals surface area contributed by atoms with Crippen molar-refractivity contribution in [1.82, 2.24) is 25.0 Å². The molecule has 0 fully saturated rings. The van der Waals surface area contributed by atoms with Crippen LogP contribution in [-0.4, -0.2) is 30.9 Å². The van der Waals surface area contributed by atoms with E-state index in [1.54, 1.807) is 0 Å². The third-order valence-electron chi connectivity index (χ3n) is 1.56. The number of anilines is 2. The number of hydrazine groups is 1. The van der Waals surface area contributed by atoms with Gasteiger partial charge in [-0.25, -0.2) is 5.84 Å². The summed E-state index contributed by atoms with van der Waals surface area (Å²) in [6.07, 6.45) is 0. The number of nitrogen functional groups attached to an aromatic ring is 1. The summed E-state index contributed by atoms with van der Waals surface area (Å²) in [7, 11) is 0. The van der Waals surface area contributed by atoms with Crippen molar-refractivity contribution < 1.29 is 4.79 Å². The zero-order valence-electron chi connectivity index (χ0n) is 7.78.